The third kappa shape index (κ3) is 5.76. The summed E-state index contributed by atoms with van der Waals surface area (Å²) in [5.74, 6) is 0.603. The van der Waals surface area contributed by atoms with Gasteiger partial charge in [-0.2, -0.15) is 0 Å². The van der Waals surface area contributed by atoms with E-state index in [9.17, 15) is 9.59 Å². The fourth-order valence-electron chi connectivity index (χ4n) is 2.83. The molecule has 1 heterocycles. The van der Waals surface area contributed by atoms with Crippen LogP contribution in [-0.2, 0) is 22.6 Å². The van der Waals surface area contributed by atoms with Crippen molar-refractivity contribution in [3.8, 4) is 0 Å². The van der Waals surface area contributed by atoms with E-state index in [2.05, 4.69) is 12.1 Å². The Hall–Kier alpha value is -2.56. The second-order valence-electron chi connectivity index (χ2n) is 6.53. The highest BCUT2D eigenvalue weighted by molar-refractivity contribution is 5.84. The van der Waals surface area contributed by atoms with E-state index in [4.69, 9.17) is 4.42 Å². The summed E-state index contributed by atoms with van der Waals surface area (Å²) in [6, 6.07) is 13.8. The van der Waals surface area contributed by atoms with Crippen molar-refractivity contribution in [1.29, 1.82) is 0 Å². The van der Waals surface area contributed by atoms with Crippen LogP contribution in [0.25, 0.3) is 0 Å². The topological polar surface area (TPSA) is 53.8 Å². The van der Waals surface area contributed by atoms with Crippen LogP contribution < -0.4 is 0 Å². The minimum Gasteiger partial charge on any atom is -0.467 e. The van der Waals surface area contributed by atoms with Gasteiger partial charge in [0.15, 0.2) is 0 Å². The molecule has 2 rings (SSSR count). The molecule has 5 nitrogen and oxygen atoms in total. The van der Waals surface area contributed by atoms with E-state index in [1.165, 1.54) is 12.5 Å². The first kappa shape index (κ1) is 19.8. The highest BCUT2D eigenvalue weighted by Gasteiger charge is 2.23. The normalized spacial score (nSPS) is 11.8. The van der Waals surface area contributed by atoms with Gasteiger partial charge in [-0.1, -0.05) is 37.3 Å². The van der Waals surface area contributed by atoms with Crippen LogP contribution in [0.2, 0.25) is 0 Å². The van der Waals surface area contributed by atoms with E-state index >= 15 is 0 Å². The molecule has 0 fully saturated rings. The van der Waals surface area contributed by atoms with Crippen molar-refractivity contribution >= 4 is 11.8 Å². The van der Waals surface area contributed by atoms with Crippen LogP contribution in [0.3, 0.4) is 0 Å². The molecule has 0 N–H and O–H groups in total. The Morgan fingerprint density at radius 2 is 1.85 bits per heavy atom. The molecule has 5 heteroatoms. The maximum Gasteiger partial charge on any atom is 0.242 e. The zero-order valence-electron chi connectivity index (χ0n) is 15.9. The van der Waals surface area contributed by atoms with Crippen LogP contribution in [0.1, 0.15) is 38.5 Å². The maximum absolute atomic E-state index is 12.9. The third-order valence-corrected chi connectivity index (χ3v) is 4.63. The van der Waals surface area contributed by atoms with Crippen molar-refractivity contribution in [2.24, 2.45) is 0 Å². The molecule has 0 bridgehead atoms. The smallest absolute Gasteiger partial charge is 0.242 e. The van der Waals surface area contributed by atoms with E-state index in [1.807, 2.05) is 44.2 Å². The molecule has 1 atom stereocenters. The summed E-state index contributed by atoms with van der Waals surface area (Å²) in [5.41, 5.74) is 1.18. The monoisotopic (exact) mass is 356 g/mol. The molecular weight excluding hydrogens is 328 g/mol. The van der Waals surface area contributed by atoms with E-state index in [0.29, 0.717) is 13.1 Å². The summed E-state index contributed by atoms with van der Waals surface area (Å²) in [4.78, 5) is 28.3. The standard InChI is InChI=1S/C21H28N2O3/c1-4-17(2)23(18(3)24)16-21(25)22(15-20-11-8-14-26-20)13-12-19-9-6-5-7-10-19/h5-11,14,17H,4,12-13,15-16H2,1-3H3. The van der Waals surface area contributed by atoms with Crippen LogP contribution in [0.4, 0.5) is 0 Å². The molecule has 0 aliphatic rings. The van der Waals surface area contributed by atoms with Gasteiger partial charge in [-0.05, 0) is 37.5 Å². The van der Waals surface area contributed by atoms with Crippen molar-refractivity contribution in [3.63, 3.8) is 0 Å². The van der Waals surface area contributed by atoms with Gasteiger partial charge in [0, 0.05) is 19.5 Å². The van der Waals surface area contributed by atoms with E-state index in [-0.39, 0.29) is 24.4 Å². The van der Waals surface area contributed by atoms with E-state index in [1.54, 1.807) is 16.1 Å². The lowest BCUT2D eigenvalue weighted by atomic mass is 10.1. The van der Waals surface area contributed by atoms with Crippen molar-refractivity contribution in [2.75, 3.05) is 13.1 Å². The molecule has 2 aromatic rings. The summed E-state index contributed by atoms with van der Waals surface area (Å²) in [5, 5.41) is 0. The Balaban J connectivity index is 2.08. The fourth-order valence-corrected chi connectivity index (χ4v) is 2.83. The molecular formula is C21H28N2O3. The van der Waals surface area contributed by atoms with Gasteiger partial charge in [0.2, 0.25) is 11.8 Å². The predicted octanol–water partition coefficient (Wildman–Crippen LogP) is 3.50. The number of hydrogen-bond acceptors (Lipinski definition) is 3. The van der Waals surface area contributed by atoms with Crippen molar-refractivity contribution in [2.45, 2.75) is 46.2 Å². The Labute approximate surface area is 155 Å². The van der Waals surface area contributed by atoms with Crippen molar-refractivity contribution in [1.82, 2.24) is 9.80 Å². The van der Waals surface area contributed by atoms with Gasteiger partial charge in [-0.25, -0.2) is 0 Å². The molecule has 1 aromatic heterocycles. The summed E-state index contributed by atoms with van der Waals surface area (Å²) >= 11 is 0. The molecule has 0 saturated carbocycles. The maximum atomic E-state index is 12.9. The largest absolute Gasteiger partial charge is 0.467 e. The van der Waals surface area contributed by atoms with Gasteiger partial charge in [-0.3, -0.25) is 9.59 Å². The van der Waals surface area contributed by atoms with Crippen LogP contribution in [0.15, 0.2) is 53.1 Å². The van der Waals surface area contributed by atoms with Gasteiger partial charge >= 0.3 is 0 Å². The first-order valence-electron chi connectivity index (χ1n) is 9.12. The molecule has 140 valence electrons. The lowest BCUT2D eigenvalue weighted by Gasteiger charge is -2.30. The number of hydrogen-bond donors (Lipinski definition) is 0. The number of carbonyl (C=O) groups excluding carboxylic acids is 2. The van der Waals surface area contributed by atoms with Crippen LogP contribution in [-0.4, -0.2) is 40.7 Å². The molecule has 2 amide bonds. The molecule has 0 aliphatic carbocycles. The quantitative estimate of drug-likeness (QED) is 0.691. The highest BCUT2D eigenvalue weighted by atomic mass is 16.3. The van der Waals surface area contributed by atoms with Gasteiger partial charge in [0.05, 0.1) is 19.4 Å². The van der Waals surface area contributed by atoms with Gasteiger partial charge in [0.1, 0.15) is 5.76 Å². The van der Waals surface area contributed by atoms with Gasteiger partial charge < -0.3 is 14.2 Å². The fraction of sp³-hybridized carbons (Fsp3) is 0.429. The number of furan rings is 1. The van der Waals surface area contributed by atoms with Crippen molar-refractivity contribution in [3.05, 3.63) is 60.1 Å². The summed E-state index contributed by atoms with van der Waals surface area (Å²) in [6.07, 6.45) is 3.18. The SMILES string of the molecule is CCC(C)N(CC(=O)N(CCc1ccccc1)Cc1ccco1)C(C)=O. The Kier molecular flexibility index (Phi) is 7.45. The minimum absolute atomic E-state index is 0.0380. The zero-order chi connectivity index (χ0) is 18.9. The van der Waals surface area contributed by atoms with E-state index < -0.39 is 0 Å². The zero-order valence-corrected chi connectivity index (χ0v) is 15.9. The van der Waals surface area contributed by atoms with E-state index in [0.717, 1.165) is 18.6 Å². The molecule has 0 saturated heterocycles. The summed E-state index contributed by atoms with van der Waals surface area (Å²) in [7, 11) is 0. The van der Waals surface area contributed by atoms with Crippen molar-refractivity contribution < 1.29 is 14.0 Å². The number of benzene rings is 1. The molecule has 26 heavy (non-hydrogen) atoms. The summed E-state index contributed by atoms with van der Waals surface area (Å²) < 4.78 is 5.41. The van der Waals surface area contributed by atoms with Crippen LogP contribution in [0, 0.1) is 0 Å². The summed E-state index contributed by atoms with van der Waals surface area (Å²) in [6.45, 7) is 6.58. The number of amides is 2. The first-order valence-corrected chi connectivity index (χ1v) is 9.12. The van der Waals surface area contributed by atoms with Gasteiger partial charge in [-0.15, -0.1) is 0 Å². The third-order valence-electron chi connectivity index (χ3n) is 4.63. The first-order chi connectivity index (χ1) is 12.5. The molecule has 0 radical (unpaired) electrons. The lowest BCUT2D eigenvalue weighted by Crippen LogP contribution is -2.46. The minimum atomic E-state index is -0.0753. The van der Waals surface area contributed by atoms with Crippen LogP contribution >= 0.6 is 0 Å². The van der Waals surface area contributed by atoms with Crippen LogP contribution in [0.5, 0.6) is 0 Å². The average Bonchev–Trinajstić information content (AvgIpc) is 3.16. The lowest BCUT2D eigenvalue weighted by molar-refractivity contribution is -0.141. The van der Waals surface area contributed by atoms with Gasteiger partial charge in [0.25, 0.3) is 0 Å². The molecule has 1 aromatic carbocycles. The highest BCUT2D eigenvalue weighted by Crippen LogP contribution is 2.11. The second kappa shape index (κ2) is 9.80. The number of carbonyl (C=O) groups is 2. The predicted molar refractivity (Wildman–Crippen MR) is 101 cm³/mol. The molecule has 0 spiro atoms. The Morgan fingerprint density at radius 3 is 2.42 bits per heavy atom. The average molecular weight is 356 g/mol. The number of nitrogens with zero attached hydrogens (tertiary/aromatic N) is 2. The molecule has 0 aliphatic heterocycles. The second-order valence-corrected chi connectivity index (χ2v) is 6.53. The Bertz CT molecular complexity index is 683. The Morgan fingerprint density at radius 1 is 1.12 bits per heavy atom. The number of rotatable bonds is 9. The molecule has 1 unspecified atom stereocenters.